The SMILES string of the molecule is CN=C(NCCCOCc1ccco1)NCc1cccc(OCC(F)(F)F)c1.I. The summed E-state index contributed by atoms with van der Waals surface area (Å²) in [6.45, 7) is 0.759. The van der Waals surface area contributed by atoms with Gasteiger partial charge in [0.05, 0.1) is 6.26 Å². The van der Waals surface area contributed by atoms with Crippen molar-refractivity contribution in [3.05, 3.63) is 54.0 Å². The van der Waals surface area contributed by atoms with Gasteiger partial charge in [0.15, 0.2) is 12.6 Å². The Morgan fingerprint density at radius 2 is 2.00 bits per heavy atom. The third kappa shape index (κ3) is 11.0. The van der Waals surface area contributed by atoms with Crippen LogP contribution in [0.25, 0.3) is 0 Å². The number of aliphatic imine (C=N–C) groups is 1. The minimum atomic E-state index is -4.36. The maximum atomic E-state index is 12.2. The van der Waals surface area contributed by atoms with Crippen LogP contribution in [0.3, 0.4) is 0 Å². The molecule has 0 unspecified atom stereocenters. The van der Waals surface area contributed by atoms with E-state index in [2.05, 4.69) is 15.6 Å². The molecular weight excluding hydrogens is 502 g/mol. The van der Waals surface area contributed by atoms with Crippen molar-refractivity contribution in [2.75, 3.05) is 26.8 Å². The van der Waals surface area contributed by atoms with Crippen molar-refractivity contribution >= 4 is 29.9 Å². The second-order valence-electron chi connectivity index (χ2n) is 5.89. The third-order valence-electron chi connectivity index (χ3n) is 3.57. The van der Waals surface area contributed by atoms with Crippen LogP contribution in [0.15, 0.2) is 52.1 Å². The second-order valence-corrected chi connectivity index (χ2v) is 5.89. The molecule has 2 aromatic rings. The standard InChI is InChI=1S/C19H24F3N3O3.HI/c1-23-18(24-8-4-9-26-13-17-7-3-10-27-17)25-12-15-5-2-6-16(11-15)28-14-19(20,21)22;/h2-3,5-7,10-11H,4,8-9,12-14H2,1H3,(H2,23,24,25);1H. The number of hydrogen-bond donors (Lipinski definition) is 2. The van der Waals surface area contributed by atoms with Gasteiger partial charge < -0.3 is 24.5 Å². The van der Waals surface area contributed by atoms with Crippen LogP contribution in [0, 0.1) is 0 Å². The van der Waals surface area contributed by atoms with E-state index in [1.807, 2.05) is 12.1 Å². The van der Waals surface area contributed by atoms with Gasteiger partial charge in [0.2, 0.25) is 0 Å². The summed E-state index contributed by atoms with van der Waals surface area (Å²) in [4.78, 5) is 4.11. The van der Waals surface area contributed by atoms with Crippen LogP contribution in [0.2, 0.25) is 0 Å². The fraction of sp³-hybridized carbons (Fsp3) is 0.421. The van der Waals surface area contributed by atoms with E-state index in [0.717, 1.165) is 17.7 Å². The summed E-state index contributed by atoms with van der Waals surface area (Å²) < 4.78 is 52.1. The Morgan fingerprint density at radius 3 is 2.69 bits per heavy atom. The lowest BCUT2D eigenvalue weighted by molar-refractivity contribution is -0.153. The predicted molar refractivity (Wildman–Crippen MR) is 115 cm³/mol. The van der Waals surface area contributed by atoms with Crippen LogP contribution in [0.1, 0.15) is 17.7 Å². The summed E-state index contributed by atoms with van der Waals surface area (Å²) >= 11 is 0. The lowest BCUT2D eigenvalue weighted by atomic mass is 10.2. The summed E-state index contributed by atoms with van der Waals surface area (Å²) in [5.41, 5.74) is 0.782. The number of rotatable bonds is 10. The first kappa shape index (κ1) is 25.1. The van der Waals surface area contributed by atoms with Crippen LogP contribution in [0.5, 0.6) is 5.75 Å². The lowest BCUT2D eigenvalue weighted by Gasteiger charge is -2.13. The molecule has 1 heterocycles. The molecule has 0 aliphatic rings. The molecule has 162 valence electrons. The van der Waals surface area contributed by atoms with E-state index < -0.39 is 12.8 Å². The molecule has 10 heteroatoms. The molecule has 0 atom stereocenters. The van der Waals surface area contributed by atoms with E-state index >= 15 is 0 Å². The number of hydrogen-bond acceptors (Lipinski definition) is 4. The van der Waals surface area contributed by atoms with Gasteiger partial charge in [-0.25, -0.2) is 0 Å². The van der Waals surface area contributed by atoms with Gasteiger partial charge in [0.1, 0.15) is 18.1 Å². The zero-order valence-corrected chi connectivity index (χ0v) is 18.3. The quantitative estimate of drug-likeness (QED) is 0.211. The van der Waals surface area contributed by atoms with Crippen LogP contribution in [-0.2, 0) is 17.9 Å². The highest BCUT2D eigenvalue weighted by atomic mass is 127. The minimum absolute atomic E-state index is 0. The molecule has 0 saturated heterocycles. The van der Waals surface area contributed by atoms with Crippen LogP contribution in [0.4, 0.5) is 13.2 Å². The largest absolute Gasteiger partial charge is 0.484 e. The summed E-state index contributed by atoms with van der Waals surface area (Å²) in [7, 11) is 1.64. The fourth-order valence-corrected chi connectivity index (χ4v) is 2.27. The van der Waals surface area contributed by atoms with Crippen molar-refractivity contribution < 1.29 is 27.1 Å². The number of benzene rings is 1. The Kier molecular flexibility index (Phi) is 11.5. The smallest absolute Gasteiger partial charge is 0.422 e. The van der Waals surface area contributed by atoms with Crippen molar-refractivity contribution in [1.29, 1.82) is 0 Å². The molecule has 0 radical (unpaired) electrons. The van der Waals surface area contributed by atoms with Gasteiger partial charge in [0, 0.05) is 26.7 Å². The van der Waals surface area contributed by atoms with Crippen LogP contribution < -0.4 is 15.4 Å². The number of furan rings is 1. The first-order valence-corrected chi connectivity index (χ1v) is 8.79. The van der Waals surface area contributed by atoms with Gasteiger partial charge in [-0.15, -0.1) is 24.0 Å². The summed E-state index contributed by atoms with van der Waals surface area (Å²) in [5.74, 6) is 1.55. The van der Waals surface area contributed by atoms with Gasteiger partial charge in [-0.3, -0.25) is 4.99 Å². The van der Waals surface area contributed by atoms with Crippen LogP contribution >= 0.6 is 24.0 Å². The monoisotopic (exact) mass is 527 g/mol. The average Bonchev–Trinajstić information content (AvgIpc) is 3.18. The van der Waals surface area contributed by atoms with E-state index in [9.17, 15) is 13.2 Å². The van der Waals surface area contributed by atoms with Crippen LogP contribution in [-0.4, -0.2) is 38.9 Å². The molecular formula is C19H25F3IN3O3. The maximum Gasteiger partial charge on any atom is 0.422 e. The highest BCUT2D eigenvalue weighted by Crippen LogP contribution is 2.19. The predicted octanol–water partition coefficient (Wildman–Crippen LogP) is 4.11. The summed E-state index contributed by atoms with van der Waals surface area (Å²) in [6.07, 6.45) is -1.97. The average molecular weight is 527 g/mol. The number of nitrogens with one attached hydrogen (secondary N) is 2. The first-order valence-electron chi connectivity index (χ1n) is 8.79. The van der Waals surface area contributed by atoms with E-state index in [1.165, 1.54) is 6.07 Å². The molecule has 0 aliphatic heterocycles. The number of guanidine groups is 1. The van der Waals surface area contributed by atoms with Gasteiger partial charge in [-0.2, -0.15) is 13.2 Å². The Balaban J connectivity index is 0.00000420. The highest BCUT2D eigenvalue weighted by molar-refractivity contribution is 14.0. The number of alkyl halides is 3. The minimum Gasteiger partial charge on any atom is -0.484 e. The van der Waals surface area contributed by atoms with E-state index in [0.29, 0.717) is 32.3 Å². The van der Waals surface area contributed by atoms with Crippen molar-refractivity contribution in [2.24, 2.45) is 4.99 Å². The number of halogens is 4. The van der Waals surface area contributed by atoms with E-state index in [1.54, 1.807) is 31.5 Å². The lowest BCUT2D eigenvalue weighted by Crippen LogP contribution is -2.37. The Labute approximate surface area is 184 Å². The molecule has 2 N–H and O–H groups in total. The topological polar surface area (TPSA) is 68.0 Å². The molecule has 0 bridgehead atoms. The third-order valence-corrected chi connectivity index (χ3v) is 3.57. The van der Waals surface area contributed by atoms with Gasteiger partial charge >= 0.3 is 6.18 Å². The van der Waals surface area contributed by atoms with Crippen molar-refractivity contribution in [1.82, 2.24) is 10.6 Å². The molecule has 1 aromatic carbocycles. The van der Waals surface area contributed by atoms with Crippen molar-refractivity contribution in [3.8, 4) is 5.75 Å². The number of nitrogens with zero attached hydrogens (tertiary/aromatic N) is 1. The fourth-order valence-electron chi connectivity index (χ4n) is 2.27. The molecule has 0 spiro atoms. The molecule has 29 heavy (non-hydrogen) atoms. The van der Waals surface area contributed by atoms with Gasteiger partial charge in [-0.05, 0) is 36.2 Å². The molecule has 0 amide bonds. The highest BCUT2D eigenvalue weighted by Gasteiger charge is 2.28. The normalized spacial score (nSPS) is 11.7. The van der Waals surface area contributed by atoms with Crippen molar-refractivity contribution in [2.45, 2.75) is 25.7 Å². The Hall–Kier alpha value is -1.95. The molecule has 0 aliphatic carbocycles. The zero-order chi connectivity index (χ0) is 20.2. The molecule has 6 nitrogen and oxygen atoms in total. The summed E-state index contributed by atoms with van der Waals surface area (Å²) in [5, 5.41) is 6.25. The molecule has 2 rings (SSSR count). The van der Waals surface area contributed by atoms with E-state index in [4.69, 9.17) is 13.9 Å². The molecule has 0 fully saturated rings. The maximum absolute atomic E-state index is 12.2. The first-order chi connectivity index (χ1) is 13.5. The second kappa shape index (κ2) is 13.3. The molecule has 0 saturated carbocycles. The Bertz CT molecular complexity index is 725. The summed E-state index contributed by atoms with van der Waals surface area (Å²) in [6, 6.07) is 10.2. The van der Waals surface area contributed by atoms with Gasteiger partial charge in [-0.1, -0.05) is 12.1 Å². The number of ether oxygens (including phenoxy) is 2. The van der Waals surface area contributed by atoms with E-state index in [-0.39, 0.29) is 29.7 Å². The molecule has 1 aromatic heterocycles. The Morgan fingerprint density at radius 1 is 1.17 bits per heavy atom. The van der Waals surface area contributed by atoms with Crippen molar-refractivity contribution in [3.63, 3.8) is 0 Å². The zero-order valence-electron chi connectivity index (χ0n) is 16.0. The van der Waals surface area contributed by atoms with Gasteiger partial charge in [0.25, 0.3) is 0 Å².